The fourth-order valence-corrected chi connectivity index (χ4v) is 5.31. The summed E-state index contributed by atoms with van der Waals surface area (Å²) in [7, 11) is -2.57. The first kappa shape index (κ1) is 21.7. The van der Waals surface area contributed by atoms with E-state index in [0.717, 1.165) is 0 Å². The van der Waals surface area contributed by atoms with Crippen molar-refractivity contribution in [3.8, 4) is 11.5 Å². The van der Waals surface area contributed by atoms with E-state index >= 15 is 0 Å². The van der Waals surface area contributed by atoms with Crippen LogP contribution in [0.25, 0.3) is 5.57 Å². The van der Waals surface area contributed by atoms with Gasteiger partial charge in [0.25, 0.3) is 10.0 Å². The van der Waals surface area contributed by atoms with Crippen molar-refractivity contribution in [1.82, 2.24) is 10.3 Å². The van der Waals surface area contributed by atoms with E-state index in [9.17, 15) is 33.3 Å². The Morgan fingerprint density at radius 3 is 2.34 bits per heavy atom. The molecule has 11 heteroatoms. The summed E-state index contributed by atoms with van der Waals surface area (Å²) in [6.45, 7) is 0. The Morgan fingerprint density at radius 2 is 1.75 bits per heavy atom. The minimum atomic E-state index is -4.02. The largest absolute Gasteiger partial charge is 0.508 e. The SMILES string of the molecule is COc1ccc(S(=O)(=O)NNC2=C3c4cc(O)ccc4C(C2)C(C(=O)O)C3C(=O)O)cc1. The number of carbonyl (C=O) groups is 2. The summed E-state index contributed by atoms with van der Waals surface area (Å²) in [6, 6.07) is 10.0. The Bertz CT molecular complexity index is 1240. The number of aromatic hydroxyl groups is 1. The standard InChI is InChI=1S/C21H20N2O8S/c1-31-11-3-5-12(6-4-11)32(29,30)23-22-16-9-15-13-7-2-10(24)8-14(13)17(16)19(21(27)28)18(15)20(25)26/h2-8,15,18-19,22-24H,9H2,1H3,(H,25,26)(H,27,28). The number of hydrogen-bond acceptors (Lipinski definition) is 7. The summed E-state index contributed by atoms with van der Waals surface area (Å²) >= 11 is 0. The first-order valence-electron chi connectivity index (χ1n) is 9.58. The monoisotopic (exact) mass is 460 g/mol. The van der Waals surface area contributed by atoms with E-state index in [4.69, 9.17) is 4.74 Å². The van der Waals surface area contributed by atoms with Crippen LogP contribution in [0.4, 0.5) is 0 Å². The highest BCUT2D eigenvalue weighted by Crippen LogP contribution is 2.55. The molecule has 2 aromatic rings. The molecule has 0 heterocycles. The number of phenolic OH excluding ortho intramolecular Hbond substituents is 1. The quantitative estimate of drug-likeness (QED) is 0.385. The van der Waals surface area contributed by atoms with Crippen LogP contribution in [0.15, 0.2) is 53.1 Å². The second-order valence-corrected chi connectivity index (χ2v) is 9.24. The van der Waals surface area contributed by atoms with Gasteiger partial charge < -0.3 is 25.5 Å². The molecule has 10 nitrogen and oxygen atoms in total. The number of hydrazine groups is 1. The fraction of sp³-hybridized carbons (Fsp3) is 0.238. The van der Waals surface area contributed by atoms with Gasteiger partial charge >= 0.3 is 11.9 Å². The van der Waals surface area contributed by atoms with Gasteiger partial charge in [-0.3, -0.25) is 9.59 Å². The summed E-state index contributed by atoms with van der Waals surface area (Å²) in [4.78, 5) is 26.2. The zero-order chi connectivity index (χ0) is 23.2. The van der Waals surface area contributed by atoms with Crippen molar-refractivity contribution in [3.63, 3.8) is 0 Å². The van der Waals surface area contributed by atoms with Gasteiger partial charge in [0.2, 0.25) is 0 Å². The minimum Gasteiger partial charge on any atom is -0.508 e. The van der Waals surface area contributed by atoms with Gasteiger partial charge in [-0.1, -0.05) is 6.07 Å². The molecule has 2 aromatic carbocycles. The minimum absolute atomic E-state index is 0.0476. The van der Waals surface area contributed by atoms with Crippen LogP contribution in [0.3, 0.4) is 0 Å². The Balaban J connectivity index is 1.74. The van der Waals surface area contributed by atoms with Crippen LogP contribution in [0.5, 0.6) is 11.5 Å². The number of allylic oxidation sites excluding steroid dienone is 1. The van der Waals surface area contributed by atoms with E-state index in [-0.39, 0.29) is 28.3 Å². The van der Waals surface area contributed by atoms with Gasteiger partial charge in [-0.05, 0) is 59.5 Å². The van der Waals surface area contributed by atoms with Crippen LogP contribution in [0.2, 0.25) is 0 Å². The van der Waals surface area contributed by atoms with Crippen molar-refractivity contribution in [1.29, 1.82) is 0 Å². The number of benzene rings is 2. The zero-order valence-corrected chi connectivity index (χ0v) is 17.6. The third-order valence-electron chi connectivity index (χ3n) is 5.84. The lowest BCUT2D eigenvalue weighted by Crippen LogP contribution is -2.47. The molecule has 0 aliphatic heterocycles. The lowest BCUT2D eigenvalue weighted by Gasteiger charge is -2.43. The predicted molar refractivity (Wildman–Crippen MR) is 111 cm³/mol. The highest BCUT2D eigenvalue weighted by molar-refractivity contribution is 7.89. The molecule has 32 heavy (non-hydrogen) atoms. The van der Waals surface area contributed by atoms with Crippen LogP contribution in [0.1, 0.15) is 23.5 Å². The van der Waals surface area contributed by atoms with Crippen LogP contribution in [0, 0.1) is 11.8 Å². The van der Waals surface area contributed by atoms with Crippen molar-refractivity contribution in [3.05, 3.63) is 59.3 Å². The molecular weight excluding hydrogens is 440 g/mol. The highest BCUT2D eigenvalue weighted by Gasteiger charge is 2.52. The van der Waals surface area contributed by atoms with Gasteiger partial charge in [0.15, 0.2) is 0 Å². The van der Waals surface area contributed by atoms with E-state index in [1.165, 1.54) is 43.5 Å². The van der Waals surface area contributed by atoms with Crippen molar-refractivity contribution in [2.75, 3.05) is 7.11 Å². The molecule has 3 unspecified atom stereocenters. The molecule has 0 radical (unpaired) electrons. The van der Waals surface area contributed by atoms with Gasteiger partial charge in [-0.15, -0.1) is 4.83 Å². The average Bonchev–Trinajstić information content (AvgIpc) is 2.76. The normalized spacial score (nSPS) is 21.7. The Kier molecular flexibility index (Phi) is 5.31. The van der Waals surface area contributed by atoms with E-state index in [0.29, 0.717) is 16.9 Å². The summed E-state index contributed by atoms with van der Waals surface area (Å²) in [5.74, 6) is -5.57. The maximum absolute atomic E-state index is 12.7. The van der Waals surface area contributed by atoms with Gasteiger partial charge in [0.05, 0.1) is 23.8 Å². The van der Waals surface area contributed by atoms with Crippen molar-refractivity contribution in [2.24, 2.45) is 11.8 Å². The Morgan fingerprint density at radius 1 is 1.06 bits per heavy atom. The maximum atomic E-state index is 12.7. The molecule has 168 valence electrons. The third-order valence-corrected chi connectivity index (χ3v) is 7.10. The fourth-order valence-electron chi connectivity index (χ4n) is 4.44. The third kappa shape index (κ3) is 3.55. The number of fused-ring (bicyclic) bond motifs is 2. The van der Waals surface area contributed by atoms with E-state index < -0.39 is 39.7 Å². The lowest BCUT2D eigenvalue weighted by molar-refractivity contribution is -0.153. The van der Waals surface area contributed by atoms with E-state index in [1.807, 2.05) is 0 Å². The first-order valence-corrected chi connectivity index (χ1v) is 11.1. The zero-order valence-electron chi connectivity index (χ0n) is 16.8. The number of methoxy groups -OCH3 is 1. The smallest absolute Gasteiger partial charge is 0.311 e. The molecule has 0 saturated carbocycles. The average molecular weight is 460 g/mol. The van der Waals surface area contributed by atoms with E-state index in [2.05, 4.69) is 10.3 Å². The Hall–Kier alpha value is -3.57. The second kappa shape index (κ2) is 7.84. The van der Waals surface area contributed by atoms with Crippen LogP contribution < -0.4 is 15.0 Å². The summed E-state index contributed by atoms with van der Waals surface area (Å²) < 4.78 is 30.4. The van der Waals surface area contributed by atoms with Gasteiger partial charge in [0, 0.05) is 11.6 Å². The number of aliphatic carboxylic acids is 2. The molecule has 2 bridgehead atoms. The number of nitrogens with one attached hydrogen (secondary N) is 2. The van der Waals surface area contributed by atoms with Crippen LogP contribution >= 0.6 is 0 Å². The molecule has 0 spiro atoms. The summed E-state index contributed by atoms with van der Waals surface area (Å²) in [5.41, 5.74) is 3.97. The van der Waals surface area contributed by atoms with Crippen molar-refractivity contribution >= 4 is 27.5 Å². The maximum Gasteiger partial charge on any atom is 0.311 e. The molecule has 3 aliphatic carbocycles. The highest BCUT2D eigenvalue weighted by atomic mass is 32.2. The number of rotatable bonds is 7. The van der Waals surface area contributed by atoms with Crippen LogP contribution in [-0.4, -0.2) is 42.8 Å². The molecule has 0 aromatic heterocycles. The molecule has 3 aliphatic rings. The molecule has 0 fully saturated rings. The summed E-state index contributed by atoms with van der Waals surface area (Å²) in [6.07, 6.45) is 0.0962. The number of carboxylic acid groups (broad SMARTS) is 2. The van der Waals surface area contributed by atoms with Crippen molar-refractivity contribution in [2.45, 2.75) is 17.2 Å². The van der Waals surface area contributed by atoms with Crippen LogP contribution in [-0.2, 0) is 19.6 Å². The Labute approximate surface area is 183 Å². The number of phenols is 1. The predicted octanol–water partition coefficient (Wildman–Crippen LogP) is 1.50. The van der Waals surface area contributed by atoms with Gasteiger partial charge in [0.1, 0.15) is 11.5 Å². The molecule has 5 rings (SSSR count). The second-order valence-electron chi connectivity index (χ2n) is 7.56. The number of sulfonamides is 1. The van der Waals surface area contributed by atoms with Gasteiger partial charge in [-0.2, -0.15) is 0 Å². The van der Waals surface area contributed by atoms with Gasteiger partial charge in [-0.25, -0.2) is 8.42 Å². The lowest BCUT2D eigenvalue weighted by atomic mass is 9.60. The topological polar surface area (TPSA) is 162 Å². The molecule has 5 N–H and O–H groups in total. The number of carboxylic acids is 2. The number of hydrogen-bond donors (Lipinski definition) is 5. The molecule has 0 amide bonds. The van der Waals surface area contributed by atoms with E-state index in [1.54, 1.807) is 6.07 Å². The molecule has 3 atom stereocenters. The molecular formula is C21H20N2O8S. The molecule has 0 saturated heterocycles. The summed E-state index contributed by atoms with van der Waals surface area (Å²) in [5, 5.41) is 29.5. The number of ether oxygens (including phenoxy) is 1. The first-order chi connectivity index (χ1) is 15.1. The van der Waals surface area contributed by atoms with Crippen molar-refractivity contribution < 1.29 is 38.1 Å².